The minimum absolute atomic E-state index is 0.580. The van der Waals surface area contributed by atoms with Gasteiger partial charge in [-0.1, -0.05) is 38.1 Å². The molecule has 0 bridgehead atoms. The van der Waals surface area contributed by atoms with Crippen molar-refractivity contribution in [1.29, 1.82) is 0 Å². The second kappa shape index (κ2) is 10.5. The Morgan fingerprint density at radius 2 is 1.90 bits per heavy atom. The van der Waals surface area contributed by atoms with Crippen LogP contribution in [0.2, 0.25) is 0 Å². The van der Waals surface area contributed by atoms with E-state index in [1.54, 1.807) is 6.20 Å². The average Bonchev–Trinajstić information content (AvgIpc) is 3.37. The molecule has 2 heterocycles. The molecule has 0 amide bonds. The van der Waals surface area contributed by atoms with Crippen molar-refractivity contribution in [1.82, 2.24) is 30.0 Å². The van der Waals surface area contributed by atoms with Crippen molar-refractivity contribution in [2.45, 2.75) is 47.0 Å². The molecule has 3 aromatic rings. The molecule has 154 valence electrons. The number of nitrogens with one attached hydrogen (secondary N) is 2. The molecule has 7 heteroatoms. The fraction of sp³-hybridized carbons (Fsp3) is 0.409. The van der Waals surface area contributed by atoms with E-state index in [-0.39, 0.29) is 0 Å². The summed E-state index contributed by atoms with van der Waals surface area (Å²) in [6.45, 7) is 10.3. The van der Waals surface area contributed by atoms with Crippen LogP contribution in [-0.4, -0.2) is 31.8 Å². The maximum absolute atomic E-state index is 4.79. The Balaban J connectivity index is 1.66. The van der Waals surface area contributed by atoms with Gasteiger partial charge in [-0.2, -0.15) is 5.10 Å². The zero-order valence-corrected chi connectivity index (χ0v) is 17.5. The van der Waals surface area contributed by atoms with Crippen LogP contribution < -0.4 is 10.6 Å². The summed E-state index contributed by atoms with van der Waals surface area (Å²) in [6.07, 6.45) is 7.67. The van der Waals surface area contributed by atoms with Crippen molar-refractivity contribution in [2.75, 3.05) is 6.54 Å². The lowest BCUT2D eigenvalue weighted by atomic mass is 10.1. The number of hydrogen-bond acceptors (Lipinski definition) is 3. The zero-order chi connectivity index (χ0) is 20.5. The van der Waals surface area contributed by atoms with Crippen molar-refractivity contribution >= 4 is 5.96 Å². The van der Waals surface area contributed by atoms with Gasteiger partial charge in [0.15, 0.2) is 5.96 Å². The standard InChI is InChI=1S/C22H31N7/c1-4-23-22(26-15-21-24-11-13-28(21)16-18(2)3)25-14-19-8-5-6-9-20(19)17-29-12-7-10-27-29/h5-13,18H,4,14-17H2,1-3H3,(H2,23,25,26). The van der Waals surface area contributed by atoms with Crippen LogP contribution in [0.4, 0.5) is 0 Å². The molecular weight excluding hydrogens is 362 g/mol. The van der Waals surface area contributed by atoms with Gasteiger partial charge in [-0.05, 0) is 30.0 Å². The molecular formula is C22H31N7. The van der Waals surface area contributed by atoms with Gasteiger partial charge in [0.05, 0.1) is 19.6 Å². The van der Waals surface area contributed by atoms with Crippen LogP contribution in [0.15, 0.2) is 60.1 Å². The summed E-state index contributed by atoms with van der Waals surface area (Å²) >= 11 is 0. The van der Waals surface area contributed by atoms with Gasteiger partial charge < -0.3 is 15.2 Å². The van der Waals surface area contributed by atoms with E-state index in [0.717, 1.165) is 31.4 Å². The molecule has 0 aliphatic carbocycles. The molecule has 0 aliphatic heterocycles. The van der Waals surface area contributed by atoms with Crippen LogP contribution in [0.5, 0.6) is 0 Å². The Labute approximate surface area is 172 Å². The number of imidazole rings is 1. The van der Waals surface area contributed by atoms with Gasteiger partial charge >= 0.3 is 0 Å². The molecule has 7 nitrogen and oxygen atoms in total. The fourth-order valence-corrected chi connectivity index (χ4v) is 3.17. The van der Waals surface area contributed by atoms with Crippen LogP contribution in [0.25, 0.3) is 0 Å². The molecule has 0 saturated carbocycles. The largest absolute Gasteiger partial charge is 0.357 e. The molecule has 0 aliphatic rings. The van der Waals surface area contributed by atoms with E-state index >= 15 is 0 Å². The zero-order valence-electron chi connectivity index (χ0n) is 17.5. The van der Waals surface area contributed by atoms with Gasteiger partial charge in [0, 0.05) is 37.9 Å². The summed E-state index contributed by atoms with van der Waals surface area (Å²) < 4.78 is 4.13. The molecule has 29 heavy (non-hydrogen) atoms. The lowest BCUT2D eigenvalue weighted by molar-refractivity contribution is 0.503. The maximum atomic E-state index is 4.79. The van der Waals surface area contributed by atoms with Crippen molar-refractivity contribution in [3.05, 3.63) is 72.1 Å². The van der Waals surface area contributed by atoms with Gasteiger partial charge in [0.2, 0.25) is 0 Å². The molecule has 1 aromatic carbocycles. The second-order valence-electron chi connectivity index (χ2n) is 7.41. The van der Waals surface area contributed by atoms with Crippen LogP contribution in [0.3, 0.4) is 0 Å². The third-order valence-corrected chi connectivity index (χ3v) is 4.54. The third-order valence-electron chi connectivity index (χ3n) is 4.54. The van der Waals surface area contributed by atoms with Crippen LogP contribution >= 0.6 is 0 Å². The fourth-order valence-electron chi connectivity index (χ4n) is 3.17. The summed E-state index contributed by atoms with van der Waals surface area (Å²) in [5.74, 6) is 2.39. The maximum Gasteiger partial charge on any atom is 0.191 e. The Morgan fingerprint density at radius 1 is 1.07 bits per heavy atom. The summed E-state index contributed by atoms with van der Waals surface area (Å²) in [7, 11) is 0. The number of guanidine groups is 1. The van der Waals surface area contributed by atoms with Crippen molar-refractivity contribution in [3.63, 3.8) is 0 Å². The van der Waals surface area contributed by atoms with Crippen molar-refractivity contribution in [2.24, 2.45) is 10.9 Å². The summed E-state index contributed by atoms with van der Waals surface area (Å²) in [4.78, 5) is 9.27. The van der Waals surface area contributed by atoms with Crippen LogP contribution in [0.1, 0.15) is 37.7 Å². The minimum atomic E-state index is 0.580. The summed E-state index contributed by atoms with van der Waals surface area (Å²) in [5.41, 5.74) is 2.42. The van der Waals surface area contributed by atoms with E-state index in [4.69, 9.17) is 4.99 Å². The monoisotopic (exact) mass is 393 g/mol. The molecule has 2 aromatic heterocycles. The first kappa shape index (κ1) is 20.6. The minimum Gasteiger partial charge on any atom is -0.357 e. The first-order valence-corrected chi connectivity index (χ1v) is 10.2. The lowest BCUT2D eigenvalue weighted by Crippen LogP contribution is -2.37. The summed E-state index contributed by atoms with van der Waals surface area (Å²) in [5, 5.41) is 11.0. The quantitative estimate of drug-likeness (QED) is 0.433. The van der Waals surface area contributed by atoms with Gasteiger partial charge in [-0.3, -0.25) is 4.68 Å². The van der Waals surface area contributed by atoms with E-state index in [1.165, 1.54) is 11.1 Å². The highest BCUT2D eigenvalue weighted by atomic mass is 15.3. The number of nitrogens with zero attached hydrogens (tertiary/aromatic N) is 5. The molecule has 0 spiro atoms. The van der Waals surface area contributed by atoms with E-state index in [9.17, 15) is 0 Å². The van der Waals surface area contributed by atoms with Gasteiger partial charge in [0.1, 0.15) is 5.82 Å². The Hall–Kier alpha value is -3.09. The predicted octanol–water partition coefficient (Wildman–Crippen LogP) is 3.04. The highest BCUT2D eigenvalue weighted by Crippen LogP contribution is 2.12. The normalized spacial score (nSPS) is 11.8. The number of hydrogen-bond donors (Lipinski definition) is 2. The second-order valence-corrected chi connectivity index (χ2v) is 7.41. The molecule has 0 radical (unpaired) electrons. The highest BCUT2D eigenvalue weighted by molar-refractivity contribution is 5.79. The first-order valence-electron chi connectivity index (χ1n) is 10.2. The number of aromatic nitrogens is 4. The van der Waals surface area contributed by atoms with Crippen LogP contribution in [0, 0.1) is 5.92 Å². The van der Waals surface area contributed by atoms with E-state index < -0.39 is 0 Å². The smallest absolute Gasteiger partial charge is 0.191 e. The Bertz CT molecular complexity index is 894. The molecule has 0 saturated heterocycles. The first-order chi connectivity index (χ1) is 14.2. The van der Waals surface area contributed by atoms with Gasteiger partial charge in [0.25, 0.3) is 0 Å². The lowest BCUT2D eigenvalue weighted by Gasteiger charge is -2.14. The predicted molar refractivity (Wildman–Crippen MR) is 116 cm³/mol. The number of aliphatic imine (C=N–C) groups is 1. The van der Waals surface area contributed by atoms with Crippen molar-refractivity contribution < 1.29 is 0 Å². The summed E-state index contributed by atoms with van der Waals surface area (Å²) in [6, 6.07) is 10.3. The van der Waals surface area contributed by atoms with E-state index in [2.05, 4.69) is 70.3 Å². The van der Waals surface area contributed by atoms with E-state index in [0.29, 0.717) is 19.0 Å². The van der Waals surface area contributed by atoms with Gasteiger partial charge in [-0.15, -0.1) is 0 Å². The number of benzene rings is 1. The van der Waals surface area contributed by atoms with E-state index in [1.807, 2.05) is 29.3 Å². The molecule has 3 rings (SSSR count). The SMILES string of the molecule is CCNC(=NCc1ccccc1Cn1cccn1)NCc1nccn1CC(C)C. The van der Waals surface area contributed by atoms with Gasteiger partial charge in [-0.25, -0.2) is 9.98 Å². The van der Waals surface area contributed by atoms with Crippen LogP contribution in [-0.2, 0) is 26.2 Å². The Morgan fingerprint density at radius 3 is 2.62 bits per heavy atom. The topological polar surface area (TPSA) is 72.1 Å². The third kappa shape index (κ3) is 6.20. The average molecular weight is 394 g/mol. The molecule has 0 atom stereocenters. The number of rotatable bonds is 9. The molecule has 2 N–H and O–H groups in total. The Kier molecular flexibility index (Phi) is 7.44. The molecule has 0 unspecified atom stereocenters. The molecule has 0 fully saturated rings. The van der Waals surface area contributed by atoms with Crippen molar-refractivity contribution in [3.8, 4) is 0 Å². The highest BCUT2D eigenvalue weighted by Gasteiger charge is 2.07.